The summed E-state index contributed by atoms with van der Waals surface area (Å²) in [5, 5.41) is 3.23. The van der Waals surface area contributed by atoms with E-state index >= 15 is 0 Å². The van der Waals surface area contributed by atoms with Gasteiger partial charge in [0.15, 0.2) is 0 Å². The predicted molar refractivity (Wildman–Crippen MR) is 66.2 cm³/mol. The molecule has 1 saturated heterocycles. The van der Waals surface area contributed by atoms with Gasteiger partial charge in [-0.2, -0.15) is 0 Å². The molecule has 0 aliphatic carbocycles. The molecule has 0 saturated carbocycles. The van der Waals surface area contributed by atoms with Gasteiger partial charge in [0.25, 0.3) is 0 Å². The highest BCUT2D eigenvalue weighted by molar-refractivity contribution is 5.10. The van der Waals surface area contributed by atoms with Gasteiger partial charge in [-0.1, -0.05) is 6.42 Å². The summed E-state index contributed by atoms with van der Waals surface area (Å²) in [6, 6.07) is 2.15. The number of hydrogen-bond donors (Lipinski definition) is 1. The molecular formula is C13H20FN3. The number of rotatable bonds is 4. The highest BCUT2D eigenvalue weighted by Gasteiger charge is 2.21. The molecule has 1 aliphatic rings. The van der Waals surface area contributed by atoms with Gasteiger partial charge in [-0.25, -0.2) is 4.39 Å². The lowest BCUT2D eigenvalue weighted by Gasteiger charge is -2.35. The second kappa shape index (κ2) is 6.07. The minimum Gasteiger partial charge on any atom is -0.318 e. The molecule has 0 amide bonds. The Morgan fingerprint density at radius 2 is 2.35 bits per heavy atom. The van der Waals surface area contributed by atoms with Crippen molar-refractivity contribution in [3.63, 3.8) is 0 Å². The number of piperidine rings is 1. The van der Waals surface area contributed by atoms with Crippen molar-refractivity contribution in [1.29, 1.82) is 0 Å². The molecule has 1 aromatic rings. The van der Waals surface area contributed by atoms with E-state index in [0.29, 0.717) is 6.04 Å². The number of nitrogens with zero attached hydrogens (tertiary/aromatic N) is 2. The third-order valence-electron chi connectivity index (χ3n) is 3.34. The first kappa shape index (κ1) is 12.5. The summed E-state index contributed by atoms with van der Waals surface area (Å²) in [5.41, 5.74) is 0.966. The number of nitrogens with one attached hydrogen (secondary N) is 1. The van der Waals surface area contributed by atoms with E-state index in [1.807, 2.05) is 7.05 Å². The molecule has 1 fully saturated rings. The van der Waals surface area contributed by atoms with E-state index in [9.17, 15) is 4.39 Å². The van der Waals surface area contributed by atoms with Gasteiger partial charge < -0.3 is 5.32 Å². The SMILES string of the molecule is CNCC1CCCCN1Cc1cncc(F)c1. The van der Waals surface area contributed by atoms with E-state index in [4.69, 9.17) is 0 Å². The lowest BCUT2D eigenvalue weighted by Crippen LogP contribution is -2.44. The summed E-state index contributed by atoms with van der Waals surface area (Å²) in [4.78, 5) is 6.33. The van der Waals surface area contributed by atoms with Crippen LogP contribution in [0.5, 0.6) is 0 Å². The van der Waals surface area contributed by atoms with Crippen LogP contribution in [0.15, 0.2) is 18.5 Å². The Morgan fingerprint density at radius 1 is 1.47 bits per heavy atom. The fourth-order valence-electron chi connectivity index (χ4n) is 2.51. The van der Waals surface area contributed by atoms with Crippen molar-refractivity contribution < 1.29 is 4.39 Å². The van der Waals surface area contributed by atoms with Crippen molar-refractivity contribution in [2.24, 2.45) is 0 Å². The number of pyridine rings is 1. The summed E-state index contributed by atoms with van der Waals surface area (Å²) in [6.45, 7) is 2.91. The summed E-state index contributed by atoms with van der Waals surface area (Å²) in [7, 11) is 1.98. The fraction of sp³-hybridized carbons (Fsp3) is 0.615. The maximum absolute atomic E-state index is 13.1. The van der Waals surface area contributed by atoms with Crippen LogP contribution in [0, 0.1) is 5.82 Å². The maximum atomic E-state index is 13.1. The zero-order valence-electron chi connectivity index (χ0n) is 10.3. The largest absolute Gasteiger partial charge is 0.318 e. The van der Waals surface area contributed by atoms with Gasteiger partial charge in [0.2, 0.25) is 0 Å². The molecule has 1 aliphatic heterocycles. The van der Waals surface area contributed by atoms with Crippen LogP contribution in [0.1, 0.15) is 24.8 Å². The Hall–Kier alpha value is -1.00. The maximum Gasteiger partial charge on any atom is 0.141 e. The average molecular weight is 237 g/mol. The third kappa shape index (κ3) is 3.48. The molecule has 3 nitrogen and oxygen atoms in total. The van der Waals surface area contributed by atoms with Gasteiger partial charge in [-0.05, 0) is 38.1 Å². The first-order valence-corrected chi connectivity index (χ1v) is 6.27. The van der Waals surface area contributed by atoms with E-state index in [-0.39, 0.29) is 5.82 Å². The third-order valence-corrected chi connectivity index (χ3v) is 3.34. The van der Waals surface area contributed by atoms with Crippen molar-refractivity contribution in [3.05, 3.63) is 29.8 Å². The molecule has 94 valence electrons. The molecule has 1 N–H and O–H groups in total. The molecule has 1 atom stereocenters. The summed E-state index contributed by atoms with van der Waals surface area (Å²) >= 11 is 0. The number of aromatic nitrogens is 1. The van der Waals surface area contributed by atoms with Crippen LogP contribution in [-0.2, 0) is 6.54 Å². The summed E-state index contributed by atoms with van der Waals surface area (Å²) < 4.78 is 13.1. The minimum absolute atomic E-state index is 0.246. The molecule has 4 heteroatoms. The van der Waals surface area contributed by atoms with Crippen LogP contribution in [0.2, 0.25) is 0 Å². The second-order valence-electron chi connectivity index (χ2n) is 4.69. The zero-order chi connectivity index (χ0) is 12.1. The monoisotopic (exact) mass is 237 g/mol. The highest BCUT2D eigenvalue weighted by atomic mass is 19.1. The van der Waals surface area contributed by atoms with Crippen LogP contribution in [0.25, 0.3) is 0 Å². The van der Waals surface area contributed by atoms with Crippen molar-refractivity contribution >= 4 is 0 Å². The molecule has 1 aromatic heterocycles. The van der Waals surface area contributed by atoms with E-state index < -0.39 is 0 Å². The van der Waals surface area contributed by atoms with E-state index in [2.05, 4.69) is 15.2 Å². The normalized spacial score (nSPS) is 21.6. The Bertz CT molecular complexity index is 354. The lowest BCUT2D eigenvalue weighted by molar-refractivity contribution is 0.139. The minimum atomic E-state index is -0.246. The Kier molecular flexibility index (Phi) is 4.45. The van der Waals surface area contributed by atoms with Crippen molar-refractivity contribution in [2.75, 3.05) is 20.1 Å². The molecule has 2 rings (SSSR count). The van der Waals surface area contributed by atoms with Gasteiger partial charge in [0.1, 0.15) is 5.82 Å². The van der Waals surface area contributed by atoms with Gasteiger partial charge in [0, 0.05) is 25.3 Å². The van der Waals surface area contributed by atoms with Crippen LogP contribution < -0.4 is 5.32 Å². The lowest BCUT2D eigenvalue weighted by atomic mass is 10.0. The second-order valence-corrected chi connectivity index (χ2v) is 4.69. The molecule has 2 heterocycles. The van der Waals surface area contributed by atoms with Crippen molar-refractivity contribution in [2.45, 2.75) is 31.8 Å². The number of hydrogen-bond acceptors (Lipinski definition) is 3. The summed E-state index contributed by atoms with van der Waals surface area (Å²) in [6.07, 6.45) is 6.77. The van der Waals surface area contributed by atoms with Crippen LogP contribution in [-0.4, -0.2) is 36.1 Å². The first-order chi connectivity index (χ1) is 8.29. The molecule has 0 bridgehead atoms. The molecular weight excluding hydrogens is 217 g/mol. The number of likely N-dealkylation sites (N-methyl/N-ethyl adjacent to an activating group) is 1. The fourth-order valence-corrected chi connectivity index (χ4v) is 2.51. The van der Waals surface area contributed by atoms with Crippen molar-refractivity contribution in [3.8, 4) is 0 Å². The quantitative estimate of drug-likeness (QED) is 0.865. The Morgan fingerprint density at radius 3 is 3.12 bits per heavy atom. The smallest absolute Gasteiger partial charge is 0.141 e. The number of likely N-dealkylation sites (tertiary alicyclic amines) is 1. The number of halogens is 1. The topological polar surface area (TPSA) is 28.2 Å². The van der Waals surface area contributed by atoms with E-state index in [1.54, 1.807) is 12.3 Å². The summed E-state index contributed by atoms with van der Waals surface area (Å²) in [5.74, 6) is -0.246. The molecule has 1 unspecified atom stereocenters. The molecule has 0 aromatic carbocycles. The van der Waals surface area contributed by atoms with Gasteiger partial charge >= 0.3 is 0 Å². The van der Waals surface area contributed by atoms with E-state index in [0.717, 1.165) is 25.2 Å². The first-order valence-electron chi connectivity index (χ1n) is 6.27. The Balaban J connectivity index is 2.00. The van der Waals surface area contributed by atoms with Crippen LogP contribution in [0.4, 0.5) is 4.39 Å². The highest BCUT2D eigenvalue weighted by Crippen LogP contribution is 2.19. The van der Waals surface area contributed by atoms with E-state index in [1.165, 1.54) is 25.5 Å². The van der Waals surface area contributed by atoms with Gasteiger partial charge in [-0.3, -0.25) is 9.88 Å². The van der Waals surface area contributed by atoms with Gasteiger partial charge in [0.05, 0.1) is 6.20 Å². The van der Waals surface area contributed by atoms with Gasteiger partial charge in [-0.15, -0.1) is 0 Å². The van der Waals surface area contributed by atoms with Crippen LogP contribution >= 0.6 is 0 Å². The Labute approximate surface area is 102 Å². The van der Waals surface area contributed by atoms with Crippen LogP contribution in [0.3, 0.4) is 0 Å². The predicted octanol–water partition coefficient (Wildman–Crippen LogP) is 1.79. The molecule has 17 heavy (non-hydrogen) atoms. The van der Waals surface area contributed by atoms with Crippen molar-refractivity contribution in [1.82, 2.24) is 15.2 Å². The molecule has 0 radical (unpaired) electrons. The zero-order valence-corrected chi connectivity index (χ0v) is 10.3. The molecule has 0 spiro atoms. The average Bonchev–Trinajstić information content (AvgIpc) is 2.32. The standard InChI is InChI=1S/C13H20FN3/c1-15-9-13-4-2-3-5-17(13)10-11-6-12(14)8-16-7-11/h6-8,13,15H,2-5,9-10H2,1H3.